The third-order valence-corrected chi connectivity index (χ3v) is 6.91. The molecule has 8 heteroatoms. The number of aromatic nitrogens is 1. The van der Waals surface area contributed by atoms with Gasteiger partial charge in [0, 0.05) is 22.3 Å². The van der Waals surface area contributed by atoms with Crippen LogP contribution in [0.3, 0.4) is 0 Å². The second kappa shape index (κ2) is 11.3. The van der Waals surface area contributed by atoms with E-state index in [1.54, 1.807) is 0 Å². The quantitative estimate of drug-likeness (QED) is 0.176. The molecule has 1 aromatic heterocycles. The van der Waals surface area contributed by atoms with Gasteiger partial charge in [0.05, 0.1) is 16.5 Å². The number of aryl methyl sites for hydroxylation is 1. The van der Waals surface area contributed by atoms with Gasteiger partial charge in [-0.05, 0) is 49.1 Å². The predicted octanol–water partition coefficient (Wildman–Crippen LogP) is 6.89. The van der Waals surface area contributed by atoms with Gasteiger partial charge in [-0.3, -0.25) is 14.9 Å². The highest BCUT2D eigenvalue weighted by molar-refractivity contribution is 9.10. The van der Waals surface area contributed by atoms with Gasteiger partial charge in [0.25, 0.3) is 0 Å². The number of hydrogen-bond donors (Lipinski definition) is 2. The Bertz CT molecular complexity index is 1380. The Morgan fingerprint density at radius 2 is 1.61 bits per heavy atom. The molecule has 4 rings (SSSR count). The van der Waals surface area contributed by atoms with Crippen molar-refractivity contribution in [3.8, 4) is 0 Å². The molecular formula is C28H27BrN4O3. The monoisotopic (exact) mass is 546 g/mol. The van der Waals surface area contributed by atoms with E-state index < -0.39 is 4.92 Å². The second-order valence-electron chi connectivity index (χ2n) is 8.71. The number of nitrogens with one attached hydrogen (secondary N) is 2. The highest BCUT2D eigenvalue weighted by Crippen LogP contribution is 2.37. The van der Waals surface area contributed by atoms with Crippen molar-refractivity contribution in [3.63, 3.8) is 0 Å². The Morgan fingerprint density at radius 1 is 1.00 bits per heavy atom. The Kier molecular flexibility index (Phi) is 7.95. The number of pyridine rings is 1. The maximum Gasteiger partial charge on any atom is 0.311 e. The van der Waals surface area contributed by atoms with Crippen LogP contribution in [0.4, 0.5) is 11.4 Å². The van der Waals surface area contributed by atoms with E-state index in [0.29, 0.717) is 23.0 Å². The molecule has 0 aliphatic rings. The SMILES string of the molecule is C[C@@H](NC(=O)CCc1cc2c(N[C@H](C)c3ccccc3)c([N+](=O)[O-])cnc2cc1Br)c1ccccc1. The number of anilines is 1. The average Bonchev–Trinajstić information content (AvgIpc) is 2.88. The van der Waals surface area contributed by atoms with Gasteiger partial charge in [0.1, 0.15) is 11.9 Å². The summed E-state index contributed by atoms with van der Waals surface area (Å²) in [6.45, 7) is 3.92. The number of hydrogen-bond acceptors (Lipinski definition) is 5. The lowest BCUT2D eigenvalue weighted by Gasteiger charge is -2.18. The smallest absolute Gasteiger partial charge is 0.311 e. The molecule has 0 saturated carbocycles. The van der Waals surface area contributed by atoms with E-state index in [1.807, 2.05) is 86.6 Å². The summed E-state index contributed by atoms with van der Waals surface area (Å²) in [5.41, 5.74) is 3.88. The fourth-order valence-electron chi connectivity index (χ4n) is 4.16. The van der Waals surface area contributed by atoms with E-state index in [1.165, 1.54) is 6.20 Å². The van der Waals surface area contributed by atoms with Crippen LogP contribution in [0.1, 0.15) is 49.0 Å². The van der Waals surface area contributed by atoms with Crippen LogP contribution in [-0.4, -0.2) is 15.8 Å². The summed E-state index contributed by atoms with van der Waals surface area (Å²) in [4.78, 5) is 28.4. The molecule has 0 radical (unpaired) electrons. The maximum absolute atomic E-state index is 12.6. The third kappa shape index (κ3) is 5.88. The summed E-state index contributed by atoms with van der Waals surface area (Å²) in [6, 6.07) is 23.0. The number of fused-ring (bicyclic) bond motifs is 1. The highest BCUT2D eigenvalue weighted by atomic mass is 79.9. The summed E-state index contributed by atoms with van der Waals surface area (Å²) in [7, 11) is 0. The summed E-state index contributed by atoms with van der Waals surface area (Å²) < 4.78 is 0.808. The van der Waals surface area contributed by atoms with Crippen LogP contribution in [0.15, 0.2) is 83.5 Å². The van der Waals surface area contributed by atoms with Gasteiger partial charge < -0.3 is 10.6 Å². The molecule has 1 heterocycles. The van der Waals surface area contributed by atoms with Crippen LogP contribution in [0.2, 0.25) is 0 Å². The number of halogens is 1. The van der Waals surface area contributed by atoms with E-state index in [4.69, 9.17) is 0 Å². The molecule has 2 N–H and O–H groups in total. The molecule has 0 spiro atoms. The molecule has 184 valence electrons. The molecule has 1 amide bonds. The number of nitrogens with zero attached hydrogens (tertiary/aromatic N) is 2. The fraction of sp³-hybridized carbons (Fsp3) is 0.214. The summed E-state index contributed by atoms with van der Waals surface area (Å²) in [5.74, 6) is -0.0634. The molecular weight excluding hydrogens is 520 g/mol. The number of carbonyl (C=O) groups excluding carboxylic acids is 1. The molecule has 0 aliphatic carbocycles. The molecule has 0 unspecified atom stereocenters. The van der Waals surface area contributed by atoms with Gasteiger partial charge in [-0.2, -0.15) is 0 Å². The van der Waals surface area contributed by atoms with Gasteiger partial charge in [-0.15, -0.1) is 0 Å². The molecule has 0 aliphatic heterocycles. The summed E-state index contributed by atoms with van der Waals surface area (Å²) in [5, 5.41) is 18.8. The van der Waals surface area contributed by atoms with E-state index in [9.17, 15) is 14.9 Å². The van der Waals surface area contributed by atoms with E-state index in [0.717, 1.165) is 21.2 Å². The number of rotatable bonds is 9. The lowest BCUT2D eigenvalue weighted by Crippen LogP contribution is -2.26. The Morgan fingerprint density at radius 3 is 2.22 bits per heavy atom. The van der Waals surface area contributed by atoms with Crippen molar-refractivity contribution < 1.29 is 9.72 Å². The first-order chi connectivity index (χ1) is 17.3. The van der Waals surface area contributed by atoms with Gasteiger partial charge in [0.2, 0.25) is 5.91 Å². The fourth-order valence-corrected chi connectivity index (χ4v) is 4.69. The van der Waals surface area contributed by atoms with E-state index >= 15 is 0 Å². The molecule has 0 fully saturated rings. The Balaban J connectivity index is 1.59. The van der Waals surface area contributed by atoms with Crippen molar-refractivity contribution in [3.05, 3.63) is 110 Å². The van der Waals surface area contributed by atoms with Crippen molar-refractivity contribution in [2.24, 2.45) is 0 Å². The molecule has 36 heavy (non-hydrogen) atoms. The van der Waals surface area contributed by atoms with Crippen molar-refractivity contribution in [2.45, 2.75) is 38.8 Å². The molecule has 0 bridgehead atoms. The summed E-state index contributed by atoms with van der Waals surface area (Å²) in [6.07, 6.45) is 2.04. The molecule has 0 saturated heterocycles. The first kappa shape index (κ1) is 25.3. The van der Waals surface area contributed by atoms with Crippen LogP contribution < -0.4 is 10.6 Å². The van der Waals surface area contributed by atoms with Gasteiger partial charge in [-0.1, -0.05) is 76.6 Å². The van der Waals surface area contributed by atoms with Crippen LogP contribution in [0.5, 0.6) is 0 Å². The number of nitro groups is 1. The number of carbonyl (C=O) groups is 1. The molecule has 2 atom stereocenters. The topological polar surface area (TPSA) is 97.2 Å². The van der Waals surface area contributed by atoms with Gasteiger partial charge in [-0.25, -0.2) is 4.98 Å². The minimum absolute atomic E-state index is 0.0634. The average molecular weight is 547 g/mol. The normalized spacial score (nSPS) is 12.6. The lowest BCUT2D eigenvalue weighted by atomic mass is 10.0. The lowest BCUT2D eigenvalue weighted by molar-refractivity contribution is -0.384. The van der Waals surface area contributed by atoms with E-state index in [2.05, 4.69) is 31.5 Å². The minimum Gasteiger partial charge on any atom is -0.372 e. The standard InChI is InChI=1S/C28H27BrN4O3/c1-18(20-9-5-3-6-10-20)31-27(34)14-13-22-15-23-25(16-24(22)29)30-17-26(33(35)36)28(23)32-19(2)21-11-7-4-8-12-21/h3-12,15-19H,13-14H2,1-2H3,(H,30,32)(H,31,34)/t18-,19-/m1/s1. The maximum atomic E-state index is 12.6. The van der Waals surface area contributed by atoms with Crippen LogP contribution in [0.25, 0.3) is 10.9 Å². The first-order valence-corrected chi connectivity index (χ1v) is 12.5. The van der Waals surface area contributed by atoms with Crippen molar-refractivity contribution in [1.29, 1.82) is 0 Å². The zero-order chi connectivity index (χ0) is 25.7. The van der Waals surface area contributed by atoms with Gasteiger partial charge >= 0.3 is 5.69 Å². The minimum atomic E-state index is -0.424. The zero-order valence-corrected chi connectivity index (χ0v) is 21.7. The summed E-state index contributed by atoms with van der Waals surface area (Å²) >= 11 is 3.59. The van der Waals surface area contributed by atoms with Crippen LogP contribution in [-0.2, 0) is 11.2 Å². The Labute approximate surface area is 218 Å². The molecule has 7 nitrogen and oxygen atoms in total. The number of amides is 1. The molecule has 4 aromatic rings. The largest absolute Gasteiger partial charge is 0.372 e. The Hall–Kier alpha value is -3.78. The van der Waals surface area contributed by atoms with Crippen LogP contribution in [0, 0.1) is 10.1 Å². The predicted molar refractivity (Wildman–Crippen MR) is 146 cm³/mol. The first-order valence-electron chi connectivity index (χ1n) is 11.7. The highest BCUT2D eigenvalue weighted by Gasteiger charge is 2.21. The van der Waals surface area contributed by atoms with E-state index in [-0.39, 0.29) is 30.1 Å². The third-order valence-electron chi connectivity index (χ3n) is 6.17. The van der Waals surface area contributed by atoms with Crippen molar-refractivity contribution >= 4 is 44.1 Å². The van der Waals surface area contributed by atoms with Crippen molar-refractivity contribution in [2.75, 3.05) is 5.32 Å². The van der Waals surface area contributed by atoms with Crippen LogP contribution >= 0.6 is 15.9 Å². The second-order valence-corrected chi connectivity index (χ2v) is 9.57. The van der Waals surface area contributed by atoms with Gasteiger partial charge in [0.15, 0.2) is 0 Å². The van der Waals surface area contributed by atoms with Crippen molar-refractivity contribution in [1.82, 2.24) is 10.3 Å². The number of benzene rings is 3. The zero-order valence-electron chi connectivity index (χ0n) is 20.1. The molecule has 3 aromatic carbocycles.